The van der Waals surface area contributed by atoms with Crippen molar-refractivity contribution in [2.24, 2.45) is 0 Å². The van der Waals surface area contributed by atoms with Crippen molar-refractivity contribution < 1.29 is 14.3 Å². The molecule has 148 valence electrons. The second-order valence-corrected chi connectivity index (χ2v) is 7.51. The van der Waals surface area contributed by atoms with Crippen LogP contribution in [-0.4, -0.2) is 62.9 Å². The Labute approximate surface area is 166 Å². The summed E-state index contributed by atoms with van der Waals surface area (Å²) in [4.78, 5) is 30.1. The highest BCUT2D eigenvalue weighted by Crippen LogP contribution is 2.24. The zero-order valence-electron chi connectivity index (χ0n) is 15.6. The van der Waals surface area contributed by atoms with E-state index in [9.17, 15) is 4.79 Å². The molecule has 1 aliphatic rings. The van der Waals surface area contributed by atoms with Crippen molar-refractivity contribution in [2.75, 3.05) is 20.3 Å². The molecule has 28 heavy (non-hydrogen) atoms. The molecule has 9 nitrogen and oxygen atoms in total. The second kappa shape index (κ2) is 8.72. The van der Waals surface area contributed by atoms with E-state index in [4.69, 9.17) is 9.47 Å². The lowest BCUT2D eigenvalue weighted by Gasteiger charge is -2.29. The molecule has 3 heterocycles. The molecule has 1 saturated carbocycles. The third-order valence-corrected chi connectivity index (χ3v) is 5.60. The highest BCUT2D eigenvalue weighted by Gasteiger charge is 2.25. The Kier molecular flexibility index (Phi) is 5.89. The van der Waals surface area contributed by atoms with E-state index in [1.165, 1.54) is 11.3 Å². The Bertz CT molecular complexity index is 921. The highest BCUT2D eigenvalue weighted by atomic mass is 32.1. The van der Waals surface area contributed by atoms with Crippen molar-refractivity contribution in [1.82, 2.24) is 29.8 Å². The van der Waals surface area contributed by atoms with E-state index in [0.29, 0.717) is 35.2 Å². The van der Waals surface area contributed by atoms with Crippen LogP contribution in [0.3, 0.4) is 0 Å². The Morgan fingerprint density at radius 2 is 2.14 bits per heavy atom. The largest absolute Gasteiger partial charge is 0.382 e. The number of imidazole rings is 1. The number of hydrogen-bond acceptors (Lipinski definition) is 8. The van der Waals surface area contributed by atoms with Crippen LogP contribution in [0.15, 0.2) is 24.2 Å². The van der Waals surface area contributed by atoms with E-state index in [2.05, 4.69) is 25.3 Å². The predicted molar refractivity (Wildman–Crippen MR) is 104 cm³/mol. The standard InChI is InChI=1S/C18H22N6O3S/c1-26-8-9-27-13-4-2-12(3-5-13)21-17(25)14-15-16(20-11-28-15)23-18(22-14)24-7-6-19-10-24/h6-7,10-13H,2-5,8-9H2,1H3,(H,21,25)/t12-,13-. The monoisotopic (exact) mass is 402 g/mol. The average molecular weight is 402 g/mol. The Morgan fingerprint density at radius 3 is 2.89 bits per heavy atom. The van der Waals surface area contributed by atoms with Gasteiger partial charge in [-0.25, -0.2) is 15.0 Å². The van der Waals surface area contributed by atoms with Gasteiger partial charge in [0, 0.05) is 25.5 Å². The van der Waals surface area contributed by atoms with Crippen molar-refractivity contribution in [3.63, 3.8) is 0 Å². The van der Waals surface area contributed by atoms with Gasteiger partial charge in [0.2, 0.25) is 5.95 Å². The van der Waals surface area contributed by atoms with Crippen LogP contribution in [0.5, 0.6) is 0 Å². The van der Waals surface area contributed by atoms with E-state index in [1.54, 1.807) is 35.9 Å². The van der Waals surface area contributed by atoms with Gasteiger partial charge in [-0.2, -0.15) is 4.98 Å². The maximum Gasteiger partial charge on any atom is 0.271 e. The summed E-state index contributed by atoms with van der Waals surface area (Å²) >= 11 is 1.37. The first-order valence-electron chi connectivity index (χ1n) is 9.25. The first kappa shape index (κ1) is 18.9. The zero-order chi connectivity index (χ0) is 19.3. The number of nitrogens with one attached hydrogen (secondary N) is 1. The molecule has 1 fully saturated rings. The molecule has 3 aromatic rings. The van der Waals surface area contributed by atoms with Gasteiger partial charge in [-0.1, -0.05) is 0 Å². The molecule has 1 amide bonds. The van der Waals surface area contributed by atoms with Gasteiger partial charge in [0.05, 0.1) is 24.8 Å². The zero-order valence-corrected chi connectivity index (χ0v) is 16.4. The van der Waals surface area contributed by atoms with Gasteiger partial charge < -0.3 is 14.8 Å². The van der Waals surface area contributed by atoms with Gasteiger partial charge in [-0.05, 0) is 25.7 Å². The molecule has 1 aliphatic carbocycles. The van der Waals surface area contributed by atoms with Crippen LogP contribution in [0.2, 0.25) is 0 Å². The molecule has 0 atom stereocenters. The van der Waals surface area contributed by atoms with Crippen LogP contribution in [0.1, 0.15) is 36.2 Å². The molecule has 0 bridgehead atoms. The number of fused-ring (bicyclic) bond motifs is 1. The summed E-state index contributed by atoms with van der Waals surface area (Å²) in [6, 6.07) is 0.115. The van der Waals surface area contributed by atoms with E-state index < -0.39 is 0 Å². The van der Waals surface area contributed by atoms with Gasteiger partial charge >= 0.3 is 0 Å². The van der Waals surface area contributed by atoms with Crippen LogP contribution in [0.25, 0.3) is 16.3 Å². The number of carbonyl (C=O) groups excluding carboxylic acids is 1. The molecule has 0 spiro atoms. The van der Waals surface area contributed by atoms with E-state index in [1.807, 2.05) is 0 Å². The maximum atomic E-state index is 12.9. The third-order valence-electron chi connectivity index (χ3n) is 4.78. The minimum Gasteiger partial charge on any atom is -0.382 e. The quantitative estimate of drug-likeness (QED) is 0.603. The van der Waals surface area contributed by atoms with Crippen molar-refractivity contribution in [3.8, 4) is 5.95 Å². The summed E-state index contributed by atoms with van der Waals surface area (Å²) in [5.74, 6) is 0.193. The number of methoxy groups -OCH3 is 1. The van der Waals surface area contributed by atoms with E-state index in [-0.39, 0.29) is 18.1 Å². The minimum absolute atomic E-state index is 0.115. The number of hydrogen-bond donors (Lipinski definition) is 1. The minimum atomic E-state index is -0.193. The molecule has 0 aromatic carbocycles. The van der Waals surface area contributed by atoms with Gasteiger partial charge in [0.15, 0.2) is 11.3 Å². The summed E-state index contributed by atoms with van der Waals surface area (Å²) in [6.07, 6.45) is 8.83. The first-order valence-corrected chi connectivity index (χ1v) is 10.1. The molecular weight excluding hydrogens is 380 g/mol. The summed E-state index contributed by atoms with van der Waals surface area (Å²) < 4.78 is 13.2. The molecule has 1 N–H and O–H groups in total. The molecule has 0 radical (unpaired) electrons. The fourth-order valence-electron chi connectivity index (χ4n) is 3.32. The van der Waals surface area contributed by atoms with E-state index in [0.717, 1.165) is 25.7 Å². The topological polar surface area (TPSA) is 104 Å². The van der Waals surface area contributed by atoms with Crippen LogP contribution >= 0.6 is 11.3 Å². The Hall–Kier alpha value is -2.43. The fraction of sp³-hybridized carbons (Fsp3) is 0.500. The molecular formula is C18H22N6O3S. The van der Waals surface area contributed by atoms with Crippen LogP contribution in [0, 0.1) is 0 Å². The normalized spacial score (nSPS) is 19.8. The van der Waals surface area contributed by atoms with Gasteiger partial charge in [0.1, 0.15) is 11.0 Å². The molecule has 0 saturated heterocycles. The number of rotatable bonds is 7. The molecule has 0 unspecified atom stereocenters. The van der Waals surface area contributed by atoms with Gasteiger partial charge in [0.25, 0.3) is 5.91 Å². The molecule has 10 heteroatoms. The van der Waals surface area contributed by atoms with Crippen molar-refractivity contribution in [2.45, 2.75) is 37.8 Å². The summed E-state index contributed by atoms with van der Waals surface area (Å²) in [6.45, 7) is 1.22. The molecule has 3 aromatic heterocycles. The lowest BCUT2D eigenvalue weighted by atomic mass is 9.93. The third kappa shape index (κ3) is 4.18. The summed E-state index contributed by atoms with van der Waals surface area (Å²) in [5.41, 5.74) is 2.55. The number of nitrogens with zero attached hydrogens (tertiary/aromatic N) is 5. The molecule has 4 rings (SSSR count). The SMILES string of the molecule is COCCO[C@H]1CC[C@H](NC(=O)c2nc(-n3ccnc3)nc3ncsc23)CC1. The van der Waals surface area contributed by atoms with Crippen molar-refractivity contribution >= 4 is 27.6 Å². The van der Waals surface area contributed by atoms with Gasteiger partial charge in [-0.15, -0.1) is 11.3 Å². The van der Waals surface area contributed by atoms with Crippen LogP contribution < -0.4 is 5.32 Å². The summed E-state index contributed by atoms with van der Waals surface area (Å²) in [5, 5.41) is 3.12. The Morgan fingerprint density at radius 1 is 1.29 bits per heavy atom. The lowest BCUT2D eigenvalue weighted by Crippen LogP contribution is -2.39. The van der Waals surface area contributed by atoms with Crippen LogP contribution in [-0.2, 0) is 9.47 Å². The van der Waals surface area contributed by atoms with Crippen molar-refractivity contribution in [3.05, 3.63) is 29.9 Å². The highest BCUT2D eigenvalue weighted by molar-refractivity contribution is 7.17. The second-order valence-electron chi connectivity index (χ2n) is 6.66. The average Bonchev–Trinajstić information content (AvgIpc) is 3.40. The smallest absolute Gasteiger partial charge is 0.271 e. The predicted octanol–water partition coefficient (Wildman–Crippen LogP) is 1.98. The number of thiazole rings is 1. The molecule has 0 aliphatic heterocycles. The number of aromatic nitrogens is 5. The Balaban J connectivity index is 1.44. The number of carbonyl (C=O) groups is 1. The van der Waals surface area contributed by atoms with E-state index >= 15 is 0 Å². The number of amides is 1. The first-order chi connectivity index (χ1) is 13.7. The van der Waals surface area contributed by atoms with Crippen molar-refractivity contribution in [1.29, 1.82) is 0 Å². The summed E-state index contributed by atoms with van der Waals surface area (Å²) in [7, 11) is 1.67. The maximum absolute atomic E-state index is 12.9. The van der Waals surface area contributed by atoms with Crippen LogP contribution in [0.4, 0.5) is 0 Å². The number of ether oxygens (including phenoxy) is 2. The fourth-order valence-corrected chi connectivity index (χ4v) is 4.04. The lowest BCUT2D eigenvalue weighted by molar-refractivity contribution is -0.00408. The van der Waals surface area contributed by atoms with Gasteiger partial charge in [-0.3, -0.25) is 9.36 Å².